The number of nitrogens with one attached hydrogen (secondary N) is 2. The van der Waals surface area contributed by atoms with Crippen LogP contribution in [0, 0.1) is 6.92 Å². The minimum Gasteiger partial charge on any atom is -0.492 e. The van der Waals surface area contributed by atoms with Crippen molar-refractivity contribution in [2.45, 2.75) is 19.9 Å². The van der Waals surface area contributed by atoms with E-state index in [1.54, 1.807) is 6.92 Å². The lowest BCUT2D eigenvalue weighted by Gasteiger charge is -2.23. The molecule has 0 aliphatic rings. The van der Waals surface area contributed by atoms with Crippen molar-refractivity contribution in [3.63, 3.8) is 0 Å². The second-order valence-corrected chi connectivity index (χ2v) is 4.89. The van der Waals surface area contributed by atoms with Gasteiger partial charge in [-0.1, -0.05) is 17.7 Å². The largest absolute Gasteiger partial charge is 0.492 e. The Balaban J connectivity index is 2.35. The number of carbonyl (C=O) groups excluding carboxylic acids is 2. The van der Waals surface area contributed by atoms with E-state index in [0.29, 0.717) is 13.2 Å². The van der Waals surface area contributed by atoms with Gasteiger partial charge in [0.25, 0.3) is 0 Å². The number of imide groups is 1. The van der Waals surface area contributed by atoms with Crippen LogP contribution in [0.2, 0.25) is 0 Å². The van der Waals surface area contributed by atoms with E-state index in [0.717, 1.165) is 5.75 Å². The van der Waals surface area contributed by atoms with Crippen LogP contribution in [0.5, 0.6) is 5.75 Å². The number of aryl methyl sites for hydroxylation is 1. The first-order valence-corrected chi connectivity index (χ1v) is 6.86. The van der Waals surface area contributed by atoms with Crippen LogP contribution < -0.4 is 15.4 Å². The molecule has 2 N–H and O–H groups in total. The van der Waals surface area contributed by atoms with Gasteiger partial charge in [0.1, 0.15) is 12.4 Å². The SMILES string of the molecule is CNC(=O)NC(=O)C(C)N(C)CCOc1ccc(C)cc1. The summed E-state index contributed by atoms with van der Waals surface area (Å²) >= 11 is 0. The molecule has 3 amide bonds. The van der Waals surface area contributed by atoms with Gasteiger partial charge in [0.2, 0.25) is 5.91 Å². The summed E-state index contributed by atoms with van der Waals surface area (Å²) in [6.45, 7) is 4.81. The molecule has 1 aromatic rings. The first-order valence-electron chi connectivity index (χ1n) is 6.86. The summed E-state index contributed by atoms with van der Waals surface area (Å²) < 4.78 is 5.61. The zero-order valence-electron chi connectivity index (χ0n) is 13.0. The summed E-state index contributed by atoms with van der Waals surface area (Å²) in [5.41, 5.74) is 1.18. The van der Waals surface area contributed by atoms with E-state index in [2.05, 4.69) is 10.6 Å². The van der Waals surface area contributed by atoms with E-state index in [9.17, 15) is 9.59 Å². The topological polar surface area (TPSA) is 70.7 Å². The highest BCUT2D eigenvalue weighted by atomic mass is 16.5. The van der Waals surface area contributed by atoms with Crippen molar-refractivity contribution < 1.29 is 14.3 Å². The molecule has 6 nitrogen and oxygen atoms in total. The lowest BCUT2D eigenvalue weighted by atomic mass is 10.2. The molecule has 0 bridgehead atoms. The number of benzene rings is 1. The zero-order valence-corrected chi connectivity index (χ0v) is 13.0. The van der Waals surface area contributed by atoms with Crippen molar-refractivity contribution >= 4 is 11.9 Å². The highest BCUT2D eigenvalue weighted by molar-refractivity contribution is 5.96. The van der Waals surface area contributed by atoms with Crippen LogP contribution in [0.15, 0.2) is 24.3 Å². The number of nitrogens with zero attached hydrogens (tertiary/aromatic N) is 1. The van der Waals surface area contributed by atoms with Gasteiger partial charge in [-0.2, -0.15) is 0 Å². The van der Waals surface area contributed by atoms with Crippen LogP contribution in [0.25, 0.3) is 0 Å². The second kappa shape index (κ2) is 8.26. The third-order valence-corrected chi connectivity index (χ3v) is 3.24. The fourth-order valence-corrected chi connectivity index (χ4v) is 1.61. The normalized spacial score (nSPS) is 11.9. The van der Waals surface area contributed by atoms with E-state index in [1.165, 1.54) is 12.6 Å². The molecule has 0 saturated heterocycles. The minimum absolute atomic E-state index is 0.341. The maximum atomic E-state index is 11.8. The van der Waals surface area contributed by atoms with Crippen molar-refractivity contribution in [1.82, 2.24) is 15.5 Å². The Morgan fingerprint density at radius 3 is 2.48 bits per heavy atom. The van der Waals surface area contributed by atoms with Crippen LogP contribution in [-0.2, 0) is 4.79 Å². The molecule has 0 radical (unpaired) electrons. The average molecular weight is 293 g/mol. The van der Waals surface area contributed by atoms with Crippen molar-refractivity contribution in [2.75, 3.05) is 27.2 Å². The standard InChI is InChI=1S/C15H23N3O3/c1-11-5-7-13(8-6-11)21-10-9-18(4)12(2)14(19)17-15(20)16-3/h5-8,12H,9-10H2,1-4H3,(H2,16,17,19,20). The molecule has 0 aliphatic heterocycles. The molecule has 6 heteroatoms. The monoisotopic (exact) mass is 293 g/mol. The fourth-order valence-electron chi connectivity index (χ4n) is 1.61. The van der Waals surface area contributed by atoms with Gasteiger partial charge in [0.05, 0.1) is 6.04 Å². The number of likely N-dealkylation sites (N-methyl/N-ethyl adjacent to an activating group) is 1. The molecule has 0 heterocycles. The van der Waals surface area contributed by atoms with Gasteiger partial charge in [-0.25, -0.2) is 4.79 Å². The number of hydrogen-bond acceptors (Lipinski definition) is 4. The molecule has 0 aromatic heterocycles. The van der Waals surface area contributed by atoms with Gasteiger partial charge in [-0.3, -0.25) is 15.0 Å². The number of rotatable bonds is 6. The highest BCUT2D eigenvalue weighted by Gasteiger charge is 2.19. The molecule has 21 heavy (non-hydrogen) atoms. The van der Waals surface area contributed by atoms with E-state index in [-0.39, 0.29) is 5.91 Å². The number of urea groups is 1. The van der Waals surface area contributed by atoms with Crippen LogP contribution >= 0.6 is 0 Å². The van der Waals surface area contributed by atoms with E-state index >= 15 is 0 Å². The number of hydrogen-bond donors (Lipinski definition) is 2. The first kappa shape index (κ1) is 17.0. The quantitative estimate of drug-likeness (QED) is 0.825. The molecule has 1 unspecified atom stereocenters. The summed E-state index contributed by atoms with van der Waals surface area (Å²) in [5, 5.41) is 4.60. The van der Waals surface area contributed by atoms with E-state index in [1.807, 2.05) is 43.1 Å². The van der Waals surface area contributed by atoms with Crippen LogP contribution in [0.4, 0.5) is 4.79 Å². The summed E-state index contributed by atoms with van der Waals surface area (Å²) in [6.07, 6.45) is 0. The summed E-state index contributed by atoms with van der Waals surface area (Å²) in [4.78, 5) is 24.7. The molecule has 0 spiro atoms. The Morgan fingerprint density at radius 1 is 1.29 bits per heavy atom. The second-order valence-electron chi connectivity index (χ2n) is 4.89. The minimum atomic E-state index is -0.504. The predicted octanol–water partition coefficient (Wildman–Crippen LogP) is 1.15. The lowest BCUT2D eigenvalue weighted by molar-refractivity contribution is -0.124. The number of ether oxygens (including phenoxy) is 1. The molecule has 1 rings (SSSR count). The summed E-state index contributed by atoms with van der Waals surface area (Å²) in [5.74, 6) is 0.462. The Hall–Kier alpha value is -2.08. The van der Waals surface area contributed by atoms with Crippen LogP contribution in [-0.4, -0.2) is 50.1 Å². The van der Waals surface area contributed by atoms with Gasteiger partial charge in [0, 0.05) is 13.6 Å². The third kappa shape index (κ3) is 5.83. The molecule has 1 atom stereocenters. The van der Waals surface area contributed by atoms with Crippen LogP contribution in [0.1, 0.15) is 12.5 Å². The fraction of sp³-hybridized carbons (Fsp3) is 0.467. The molecule has 0 saturated carbocycles. The van der Waals surface area contributed by atoms with Gasteiger partial charge >= 0.3 is 6.03 Å². The van der Waals surface area contributed by atoms with Gasteiger partial charge in [-0.05, 0) is 33.0 Å². The van der Waals surface area contributed by atoms with Crippen molar-refractivity contribution in [1.29, 1.82) is 0 Å². The maximum Gasteiger partial charge on any atom is 0.321 e. The van der Waals surface area contributed by atoms with E-state index in [4.69, 9.17) is 4.74 Å². The molecule has 0 aliphatic carbocycles. The van der Waals surface area contributed by atoms with Crippen molar-refractivity contribution in [3.8, 4) is 5.75 Å². The third-order valence-electron chi connectivity index (χ3n) is 3.24. The highest BCUT2D eigenvalue weighted by Crippen LogP contribution is 2.11. The van der Waals surface area contributed by atoms with E-state index < -0.39 is 12.1 Å². The maximum absolute atomic E-state index is 11.8. The molecular weight excluding hydrogens is 270 g/mol. The lowest BCUT2D eigenvalue weighted by Crippen LogP contribution is -2.48. The van der Waals surface area contributed by atoms with Crippen molar-refractivity contribution in [3.05, 3.63) is 29.8 Å². The molecule has 116 valence electrons. The Bertz CT molecular complexity index is 474. The Labute approximate surface area is 125 Å². The Morgan fingerprint density at radius 2 is 1.90 bits per heavy atom. The molecular formula is C15H23N3O3. The molecule has 0 fully saturated rings. The summed E-state index contributed by atoms with van der Waals surface area (Å²) in [7, 11) is 3.28. The number of amides is 3. The summed E-state index contributed by atoms with van der Waals surface area (Å²) in [6, 6.07) is 6.88. The average Bonchev–Trinajstić information content (AvgIpc) is 2.48. The predicted molar refractivity (Wildman–Crippen MR) is 81.4 cm³/mol. The zero-order chi connectivity index (χ0) is 15.8. The smallest absolute Gasteiger partial charge is 0.321 e. The van der Waals surface area contributed by atoms with Gasteiger partial charge in [0.15, 0.2) is 0 Å². The van der Waals surface area contributed by atoms with Gasteiger partial charge < -0.3 is 10.1 Å². The number of carbonyl (C=O) groups is 2. The van der Waals surface area contributed by atoms with Gasteiger partial charge in [-0.15, -0.1) is 0 Å². The van der Waals surface area contributed by atoms with Crippen molar-refractivity contribution in [2.24, 2.45) is 0 Å². The molecule has 1 aromatic carbocycles. The van der Waals surface area contributed by atoms with Crippen LogP contribution in [0.3, 0.4) is 0 Å². The Kier molecular flexibility index (Phi) is 6.68. The first-order chi connectivity index (χ1) is 9.93.